The summed E-state index contributed by atoms with van der Waals surface area (Å²) in [6.45, 7) is 4.16. The lowest BCUT2D eigenvalue weighted by atomic mass is 9.84. The Hall–Kier alpha value is -2.41. The highest BCUT2D eigenvalue weighted by Gasteiger charge is 2.34. The minimum atomic E-state index is -0.427. The van der Waals surface area contributed by atoms with Crippen LogP contribution in [-0.4, -0.2) is 46.5 Å². The number of carbonyl (C=O) groups is 1. The second kappa shape index (κ2) is 7.91. The molecule has 2 fully saturated rings. The van der Waals surface area contributed by atoms with E-state index in [2.05, 4.69) is 21.8 Å². The van der Waals surface area contributed by atoms with Crippen LogP contribution in [0.25, 0.3) is 0 Å². The van der Waals surface area contributed by atoms with E-state index in [0.29, 0.717) is 31.3 Å². The van der Waals surface area contributed by atoms with Gasteiger partial charge in [0.15, 0.2) is 0 Å². The van der Waals surface area contributed by atoms with Crippen LogP contribution in [0.4, 0.5) is 10.2 Å². The van der Waals surface area contributed by atoms with Crippen molar-refractivity contribution in [1.29, 1.82) is 0 Å². The molecule has 0 spiro atoms. The summed E-state index contributed by atoms with van der Waals surface area (Å²) in [4.78, 5) is 25.2. The van der Waals surface area contributed by atoms with Gasteiger partial charge in [-0.3, -0.25) is 4.79 Å². The zero-order chi connectivity index (χ0) is 19.7. The quantitative estimate of drug-likeness (QED) is 0.773. The average molecular weight is 405 g/mol. The van der Waals surface area contributed by atoms with Crippen LogP contribution < -0.4 is 9.64 Å². The molecule has 0 N–H and O–H groups in total. The molecule has 1 amide bonds. The van der Waals surface area contributed by atoms with Gasteiger partial charge in [0.05, 0.1) is 5.02 Å². The molecule has 148 valence electrons. The number of anilines is 1. The molecule has 4 rings (SSSR count). The molecule has 2 heterocycles. The van der Waals surface area contributed by atoms with Crippen molar-refractivity contribution >= 4 is 23.3 Å². The minimum absolute atomic E-state index is 0.118. The second-order valence-corrected chi connectivity index (χ2v) is 7.75. The van der Waals surface area contributed by atoms with Gasteiger partial charge in [0.2, 0.25) is 11.8 Å². The van der Waals surface area contributed by atoms with E-state index in [1.54, 1.807) is 6.07 Å². The smallest absolute Gasteiger partial charge is 0.226 e. The van der Waals surface area contributed by atoms with Gasteiger partial charge in [-0.15, -0.1) is 0 Å². The van der Waals surface area contributed by atoms with Crippen molar-refractivity contribution < 1.29 is 13.9 Å². The number of ether oxygens (including phenoxy) is 1. The number of amides is 1. The van der Waals surface area contributed by atoms with E-state index in [1.165, 1.54) is 24.5 Å². The molecule has 1 atom stereocenters. The van der Waals surface area contributed by atoms with Gasteiger partial charge in [-0.05, 0) is 38.0 Å². The Kier molecular flexibility index (Phi) is 5.35. The number of piperazine rings is 1. The average Bonchev–Trinajstić information content (AvgIpc) is 2.63. The normalized spacial score (nSPS) is 20.0. The van der Waals surface area contributed by atoms with Gasteiger partial charge in [0.25, 0.3) is 0 Å². The number of hydrogen-bond acceptors (Lipinski definition) is 5. The number of aromatic nitrogens is 2. The first-order valence-electron chi connectivity index (χ1n) is 9.51. The molecular weight excluding hydrogens is 383 g/mol. The highest BCUT2D eigenvalue weighted by molar-refractivity contribution is 6.32. The zero-order valence-corrected chi connectivity index (χ0v) is 16.4. The van der Waals surface area contributed by atoms with Gasteiger partial charge in [0.1, 0.15) is 23.7 Å². The van der Waals surface area contributed by atoms with Crippen LogP contribution in [0.5, 0.6) is 11.6 Å². The van der Waals surface area contributed by atoms with Crippen molar-refractivity contribution in [2.24, 2.45) is 5.92 Å². The van der Waals surface area contributed by atoms with Crippen LogP contribution in [0.3, 0.4) is 0 Å². The highest BCUT2D eigenvalue weighted by atomic mass is 35.5. The van der Waals surface area contributed by atoms with Crippen LogP contribution in [0.1, 0.15) is 26.2 Å². The first-order chi connectivity index (χ1) is 13.5. The van der Waals surface area contributed by atoms with E-state index in [1.807, 2.05) is 4.90 Å². The number of halogens is 2. The molecule has 8 heteroatoms. The summed E-state index contributed by atoms with van der Waals surface area (Å²) in [7, 11) is 0. The molecular formula is C20H22ClFN4O2. The molecule has 1 saturated heterocycles. The first kappa shape index (κ1) is 18.9. The molecule has 6 nitrogen and oxygen atoms in total. The maximum atomic E-state index is 13.2. The van der Waals surface area contributed by atoms with E-state index < -0.39 is 5.82 Å². The summed E-state index contributed by atoms with van der Waals surface area (Å²) in [5.41, 5.74) is 0. The fourth-order valence-electron chi connectivity index (χ4n) is 3.61. The lowest BCUT2D eigenvalue weighted by molar-refractivity contribution is -0.140. The molecule has 0 radical (unpaired) electrons. The standard InChI is InChI=1S/C20H22ClFN4O2/c1-13-11-25(7-8-26(13)20(27)14-3-2-4-14)18-10-19(24-12-23-18)28-17-6-5-15(22)9-16(17)21/h5-6,9-10,12-14H,2-4,7-8,11H2,1H3/t13-/m0/s1. The number of nitrogens with zero attached hydrogens (tertiary/aromatic N) is 4. The monoisotopic (exact) mass is 404 g/mol. The fourth-order valence-corrected chi connectivity index (χ4v) is 3.82. The molecule has 0 bridgehead atoms. The SMILES string of the molecule is C[C@H]1CN(c2cc(Oc3ccc(F)cc3Cl)ncn2)CCN1C(=O)C1CCC1. The van der Waals surface area contributed by atoms with E-state index in [-0.39, 0.29) is 22.9 Å². The fraction of sp³-hybridized carbons (Fsp3) is 0.450. The molecule has 1 aliphatic heterocycles. The molecule has 0 unspecified atom stereocenters. The summed E-state index contributed by atoms with van der Waals surface area (Å²) in [6, 6.07) is 5.79. The van der Waals surface area contributed by atoms with Crippen LogP contribution >= 0.6 is 11.6 Å². The van der Waals surface area contributed by atoms with Gasteiger partial charge in [-0.25, -0.2) is 14.4 Å². The Bertz CT molecular complexity index is 877. The first-order valence-corrected chi connectivity index (χ1v) is 9.89. The summed E-state index contributed by atoms with van der Waals surface area (Å²) in [5.74, 6) is 1.47. The highest BCUT2D eigenvalue weighted by Crippen LogP contribution is 2.32. The molecule has 1 aromatic heterocycles. The van der Waals surface area contributed by atoms with Gasteiger partial charge in [0, 0.05) is 37.7 Å². The lowest BCUT2D eigenvalue weighted by Crippen LogP contribution is -2.56. The Morgan fingerprint density at radius 1 is 1.25 bits per heavy atom. The molecule has 1 aromatic carbocycles. The van der Waals surface area contributed by atoms with Crippen LogP contribution in [-0.2, 0) is 4.79 Å². The zero-order valence-electron chi connectivity index (χ0n) is 15.6. The van der Waals surface area contributed by atoms with Crippen molar-refractivity contribution in [3.05, 3.63) is 41.4 Å². The van der Waals surface area contributed by atoms with E-state index >= 15 is 0 Å². The molecule has 1 aliphatic carbocycles. The van der Waals surface area contributed by atoms with E-state index in [0.717, 1.165) is 25.1 Å². The van der Waals surface area contributed by atoms with Crippen molar-refractivity contribution in [3.63, 3.8) is 0 Å². The molecule has 2 aromatic rings. The van der Waals surface area contributed by atoms with Crippen LogP contribution in [0.15, 0.2) is 30.6 Å². The third-order valence-electron chi connectivity index (χ3n) is 5.42. The van der Waals surface area contributed by atoms with E-state index in [9.17, 15) is 9.18 Å². The van der Waals surface area contributed by atoms with Crippen molar-refractivity contribution in [3.8, 4) is 11.6 Å². The number of benzene rings is 1. The summed E-state index contributed by atoms with van der Waals surface area (Å²) in [5, 5.41) is 0.178. The van der Waals surface area contributed by atoms with Gasteiger partial charge in [-0.1, -0.05) is 18.0 Å². The third-order valence-corrected chi connectivity index (χ3v) is 5.72. The third kappa shape index (κ3) is 3.90. The Labute approximate surface area is 168 Å². The number of rotatable bonds is 4. The lowest BCUT2D eigenvalue weighted by Gasteiger charge is -2.43. The molecule has 1 saturated carbocycles. The topological polar surface area (TPSA) is 58.6 Å². The van der Waals surface area contributed by atoms with Gasteiger partial charge in [-0.2, -0.15) is 0 Å². The largest absolute Gasteiger partial charge is 0.437 e. The summed E-state index contributed by atoms with van der Waals surface area (Å²) < 4.78 is 18.9. The van der Waals surface area contributed by atoms with Crippen LogP contribution in [0.2, 0.25) is 5.02 Å². The van der Waals surface area contributed by atoms with Crippen molar-refractivity contribution in [2.45, 2.75) is 32.2 Å². The predicted molar refractivity (Wildman–Crippen MR) is 104 cm³/mol. The van der Waals surface area contributed by atoms with Crippen molar-refractivity contribution in [1.82, 2.24) is 14.9 Å². The van der Waals surface area contributed by atoms with E-state index in [4.69, 9.17) is 16.3 Å². The summed E-state index contributed by atoms with van der Waals surface area (Å²) >= 11 is 6.02. The maximum Gasteiger partial charge on any atom is 0.226 e. The van der Waals surface area contributed by atoms with Gasteiger partial charge >= 0.3 is 0 Å². The van der Waals surface area contributed by atoms with Crippen molar-refractivity contribution in [2.75, 3.05) is 24.5 Å². The second-order valence-electron chi connectivity index (χ2n) is 7.35. The minimum Gasteiger partial charge on any atom is -0.437 e. The Balaban J connectivity index is 1.44. The number of hydrogen-bond donors (Lipinski definition) is 0. The predicted octanol–water partition coefficient (Wildman–Crippen LogP) is 3.90. The summed E-state index contributed by atoms with van der Waals surface area (Å²) in [6.07, 6.45) is 4.62. The molecule has 2 aliphatic rings. The molecule has 28 heavy (non-hydrogen) atoms. The Morgan fingerprint density at radius 3 is 2.75 bits per heavy atom. The van der Waals surface area contributed by atoms with Gasteiger partial charge < -0.3 is 14.5 Å². The Morgan fingerprint density at radius 2 is 2.07 bits per heavy atom. The van der Waals surface area contributed by atoms with Crippen LogP contribution in [0, 0.1) is 11.7 Å². The maximum absolute atomic E-state index is 13.2. The number of carbonyl (C=O) groups excluding carboxylic acids is 1.